The third-order valence-corrected chi connectivity index (χ3v) is 7.90. The smallest absolute Gasteiger partial charge is 0.414 e. The van der Waals surface area contributed by atoms with Crippen LogP contribution in [0.3, 0.4) is 0 Å². The molecule has 0 saturated carbocycles. The summed E-state index contributed by atoms with van der Waals surface area (Å²) < 4.78 is 34.3. The molecule has 1 aromatic carbocycles. The highest BCUT2D eigenvalue weighted by molar-refractivity contribution is 7.91. The molecule has 0 aliphatic carbocycles. The molecule has 9 nitrogen and oxygen atoms in total. The van der Waals surface area contributed by atoms with Crippen molar-refractivity contribution < 1.29 is 33.0 Å². The van der Waals surface area contributed by atoms with Crippen molar-refractivity contribution in [3.8, 4) is 5.75 Å². The van der Waals surface area contributed by atoms with Crippen LogP contribution >= 0.6 is 0 Å². The number of carbonyl (C=O) groups is 2. The molecule has 0 aliphatic heterocycles. The summed E-state index contributed by atoms with van der Waals surface area (Å²) >= 11 is 0. The van der Waals surface area contributed by atoms with E-state index in [1.807, 2.05) is 41.9 Å². The second kappa shape index (κ2) is 15.1. The minimum atomic E-state index is -3.61. The zero-order valence-electron chi connectivity index (χ0n) is 22.3. The van der Waals surface area contributed by atoms with Gasteiger partial charge in [0.2, 0.25) is 9.84 Å². The predicted octanol–water partition coefficient (Wildman–Crippen LogP) is 4.91. The Bertz CT molecular complexity index is 1260. The zero-order valence-corrected chi connectivity index (χ0v) is 23.1. The fourth-order valence-electron chi connectivity index (χ4n) is 3.99. The van der Waals surface area contributed by atoms with Crippen LogP contribution in [0.1, 0.15) is 51.5 Å². The standard InChI is InChI=1S/C26H36N2O3S.C2H2O4/c1-4-6-16-27(17-7-5-2)18-10-20-31-23-12-14-24(15-13-23)32(29,30)26-22(3)21-28-19-9-8-11-25(26)28;3-1(4)2(5)6/h8-9,11-15,19,21H,4-7,10,16-18,20H2,1-3H3;(H,3,4)(H,5,6). The normalized spacial score (nSPS) is 11.3. The van der Waals surface area contributed by atoms with E-state index >= 15 is 0 Å². The number of sulfone groups is 1. The van der Waals surface area contributed by atoms with Crippen LogP contribution in [0.15, 0.2) is 64.6 Å². The Kier molecular flexibility index (Phi) is 12.3. The molecular weight excluding hydrogens is 508 g/mol. The van der Waals surface area contributed by atoms with Gasteiger partial charge in [-0.1, -0.05) is 32.8 Å². The SMILES string of the molecule is CCCCN(CCCC)CCCOc1ccc(S(=O)(=O)c2c(C)cn3ccccc23)cc1.O=C(O)C(=O)O. The van der Waals surface area contributed by atoms with Gasteiger partial charge in [-0.2, -0.15) is 0 Å². The topological polar surface area (TPSA) is 126 Å². The van der Waals surface area contributed by atoms with Crippen LogP contribution in [0.4, 0.5) is 0 Å². The van der Waals surface area contributed by atoms with Gasteiger partial charge in [-0.25, -0.2) is 18.0 Å². The number of rotatable bonds is 13. The Morgan fingerprint density at radius 1 is 0.895 bits per heavy atom. The molecule has 0 bridgehead atoms. The maximum absolute atomic E-state index is 13.3. The van der Waals surface area contributed by atoms with Gasteiger partial charge in [-0.15, -0.1) is 0 Å². The molecule has 38 heavy (non-hydrogen) atoms. The number of hydrogen-bond acceptors (Lipinski definition) is 6. The lowest BCUT2D eigenvalue weighted by molar-refractivity contribution is -0.159. The summed E-state index contributed by atoms with van der Waals surface area (Å²) in [5.41, 5.74) is 1.44. The van der Waals surface area contributed by atoms with E-state index in [9.17, 15) is 8.42 Å². The summed E-state index contributed by atoms with van der Waals surface area (Å²) in [5, 5.41) is 14.8. The zero-order chi connectivity index (χ0) is 28.1. The van der Waals surface area contributed by atoms with Gasteiger partial charge >= 0.3 is 11.9 Å². The molecular formula is C28H38N2O7S. The van der Waals surface area contributed by atoms with Crippen molar-refractivity contribution in [1.29, 1.82) is 0 Å². The predicted molar refractivity (Wildman–Crippen MR) is 146 cm³/mol. The van der Waals surface area contributed by atoms with Crippen LogP contribution in [0.2, 0.25) is 0 Å². The number of benzene rings is 1. The molecule has 0 radical (unpaired) electrons. The molecule has 0 amide bonds. The summed E-state index contributed by atoms with van der Waals surface area (Å²) in [6.07, 6.45) is 9.58. The molecule has 0 saturated heterocycles. The molecule has 10 heteroatoms. The molecule has 0 fully saturated rings. The van der Waals surface area contributed by atoms with Crippen molar-refractivity contribution in [3.63, 3.8) is 0 Å². The largest absolute Gasteiger partial charge is 0.494 e. The summed E-state index contributed by atoms with van der Waals surface area (Å²) in [6.45, 7) is 10.3. The minimum Gasteiger partial charge on any atom is -0.494 e. The van der Waals surface area contributed by atoms with Gasteiger partial charge in [0.25, 0.3) is 0 Å². The number of pyridine rings is 1. The molecule has 0 unspecified atom stereocenters. The molecule has 208 valence electrons. The maximum atomic E-state index is 13.3. The van der Waals surface area contributed by atoms with E-state index in [0.717, 1.165) is 31.6 Å². The number of carboxylic acids is 2. The second-order valence-corrected chi connectivity index (χ2v) is 10.9. The van der Waals surface area contributed by atoms with E-state index in [-0.39, 0.29) is 4.90 Å². The van der Waals surface area contributed by atoms with Gasteiger partial charge in [-0.05, 0) is 81.2 Å². The Morgan fingerprint density at radius 3 is 2.03 bits per heavy atom. The van der Waals surface area contributed by atoms with Crippen molar-refractivity contribution in [3.05, 3.63) is 60.4 Å². The number of fused-ring (bicyclic) bond motifs is 1. The first-order valence-electron chi connectivity index (χ1n) is 12.8. The van der Waals surface area contributed by atoms with E-state index in [1.54, 1.807) is 24.3 Å². The number of unbranched alkanes of at least 4 members (excludes halogenated alkanes) is 2. The summed E-state index contributed by atoms with van der Waals surface area (Å²) in [6, 6.07) is 12.4. The van der Waals surface area contributed by atoms with Gasteiger partial charge in [0.15, 0.2) is 0 Å². The van der Waals surface area contributed by atoms with Crippen LogP contribution in [0.5, 0.6) is 5.75 Å². The Labute approximate surface area is 224 Å². The summed E-state index contributed by atoms with van der Waals surface area (Å²) in [5.74, 6) is -2.94. The first kappa shape index (κ1) is 30.9. The number of nitrogens with zero attached hydrogens (tertiary/aromatic N) is 2. The van der Waals surface area contributed by atoms with Gasteiger partial charge in [0.05, 0.1) is 17.0 Å². The third-order valence-electron chi connectivity index (χ3n) is 5.94. The highest BCUT2D eigenvalue weighted by atomic mass is 32.2. The Morgan fingerprint density at radius 2 is 1.47 bits per heavy atom. The number of hydrogen-bond donors (Lipinski definition) is 2. The third kappa shape index (κ3) is 8.88. The van der Waals surface area contributed by atoms with E-state index in [4.69, 9.17) is 24.5 Å². The van der Waals surface area contributed by atoms with E-state index in [1.165, 1.54) is 25.7 Å². The van der Waals surface area contributed by atoms with Gasteiger partial charge in [-0.3, -0.25) is 0 Å². The van der Waals surface area contributed by atoms with Gasteiger partial charge in [0.1, 0.15) is 10.6 Å². The van der Waals surface area contributed by atoms with Gasteiger partial charge < -0.3 is 24.3 Å². The molecule has 2 aromatic heterocycles. The highest BCUT2D eigenvalue weighted by Gasteiger charge is 2.24. The second-order valence-electron chi connectivity index (χ2n) is 8.97. The first-order valence-corrected chi connectivity index (χ1v) is 14.3. The van der Waals surface area contributed by atoms with Crippen LogP contribution in [0.25, 0.3) is 5.52 Å². The molecule has 3 aromatic rings. The lowest BCUT2D eigenvalue weighted by Gasteiger charge is -2.21. The average Bonchev–Trinajstić information content (AvgIpc) is 3.24. The van der Waals surface area contributed by atoms with Crippen molar-refractivity contribution in [2.45, 2.75) is 62.7 Å². The van der Waals surface area contributed by atoms with Gasteiger partial charge in [0, 0.05) is 18.9 Å². The molecule has 3 rings (SSSR count). The Balaban J connectivity index is 0.000000757. The number of aromatic nitrogens is 1. The van der Waals surface area contributed by atoms with E-state index in [0.29, 0.717) is 22.8 Å². The van der Waals surface area contributed by atoms with Crippen LogP contribution in [-0.2, 0) is 19.4 Å². The van der Waals surface area contributed by atoms with Crippen molar-refractivity contribution in [2.24, 2.45) is 0 Å². The number of ether oxygens (including phenoxy) is 1. The summed E-state index contributed by atoms with van der Waals surface area (Å²) in [7, 11) is -3.61. The van der Waals surface area contributed by atoms with Crippen molar-refractivity contribution in [1.82, 2.24) is 9.30 Å². The number of aryl methyl sites for hydroxylation is 1. The monoisotopic (exact) mass is 546 g/mol. The number of carboxylic acid groups (broad SMARTS) is 2. The van der Waals surface area contributed by atoms with Crippen molar-refractivity contribution >= 4 is 27.3 Å². The molecule has 0 spiro atoms. The molecule has 0 atom stereocenters. The fourth-order valence-corrected chi connectivity index (χ4v) is 5.65. The van der Waals surface area contributed by atoms with Crippen molar-refractivity contribution in [2.75, 3.05) is 26.2 Å². The number of aliphatic carboxylic acids is 2. The lowest BCUT2D eigenvalue weighted by Crippen LogP contribution is -2.28. The first-order chi connectivity index (χ1) is 18.1. The summed E-state index contributed by atoms with van der Waals surface area (Å²) in [4.78, 5) is 21.4. The quantitative estimate of drug-likeness (QED) is 0.229. The highest BCUT2D eigenvalue weighted by Crippen LogP contribution is 2.30. The van der Waals surface area contributed by atoms with Crippen LogP contribution in [0, 0.1) is 6.92 Å². The molecule has 0 aliphatic rings. The van der Waals surface area contributed by atoms with Crippen LogP contribution in [-0.4, -0.2) is 66.1 Å². The minimum absolute atomic E-state index is 0.287. The van der Waals surface area contributed by atoms with E-state index in [2.05, 4.69) is 18.7 Å². The molecule has 2 heterocycles. The maximum Gasteiger partial charge on any atom is 0.414 e. The Hall–Kier alpha value is -3.37. The van der Waals surface area contributed by atoms with Crippen LogP contribution < -0.4 is 4.74 Å². The average molecular weight is 547 g/mol. The lowest BCUT2D eigenvalue weighted by atomic mass is 10.2. The fraction of sp³-hybridized carbons (Fsp3) is 0.429. The van der Waals surface area contributed by atoms with E-state index < -0.39 is 21.8 Å². The molecule has 2 N–H and O–H groups in total.